The number of nitrogens with two attached hydrogens (primary N) is 2. The Bertz CT molecular complexity index is 722. The third-order valence-corrected chi connectivity index (χ3v) is 2.99. The Morgan fingerprint density at radius 2 is 1.95 bits per heavy atom. The first-order chi connectivity index (χ1) is 9.51. The fourth-order valence-electron chi connectivity index (χ4n) is 1.68. The summed E-state index contributed by atoms with van der Waals surface area (Å²) in [6.45, 7) is 0. The van der Waals surface area contributed by atoms with Gasteiger partial charge in [0, 0.05) is 17.1 Å². The lowest BCUT2D eigenvalue weighted by atomic mass is 10.1. The minimum Gasteiger partial charge on any atom is -0.399 e. The van der Waals surface area contributed by atoms with Gasteiger partial charge in [-0.15, -0.1) is 0 Å². The average Bonchev–Trinajstić information content (AvgIpc) is 2.40. The van der Waals surface area contributed by atoms with E-state index >= 15 is 0 Å². The molecule has 0 spiro atoms. The van der Waals surface area contributed by atoms with Crippen molar-refractivity contribution in [3.63, 3.8) is 0 Å². The molecular formula is C14H11ClN4O. The second-order valence-electron chi connectivity index (χ2n) is 4.11. The van der Waals surface area contributed by atoms with Crippen LogP contribution in [0.25, 0.3) is 0 Å². The molecule has 0 bridgehead atoms. The highest BCUT2D eigenvalue weighted by Crippen LogP contribution is 2.21. The van der Waals surface area contributed by atoms with Crippen LogP contribution in [0.4, 0.5) is 17.1 Å². The van der Waals surface area contributed by atoms with E-state index in [1.165, 1.54) is 12.1 Å². The zero-order valence-corrected chi connectivity index (χ0v) is 11.1. The molecule has 0 aliphatic rings. The maximum Gasteiger partial charge on any atom is 0.257 e. The molecule has 1 amide bonds. The lowest BCUT2D eigenvalue weighted by Crippen LogP contribution is -2.14. The summed E-state index contributed by atoms with van der Waals surface area (Å²) in [5, 5.41) is 11.9. The van der Waals surface area contributed by atoms with E-state index in [1.807, 2.05) is 6.07 Å². The van der Waals surface area contributed by atoms with E-state index in [4.69, 9.17) is 28.3 Å². The van der Waals surface area contributed by atoms with Crippen LogP contribution in [0.1, 0.15) is 15.9 Å². The van der Waals surface area contributed by atoms with Crippen LogP contribution in [0.2, 0.25) is 5.02 Å². The van der Waals surface area contributed by atoms with Gasteiger partial charge in [0.05, 0.1) is 16.1 Å². The number of anilines is 3. The fourth-order valence-corrected chi connectivity index (χ4v) is 1.83. The summed E-state index contributed by atoms with van der Waals surface area (Å²) in [6, 6.07) is 11.2. The molecule has 0 fully saturated rings. The van der Waals surface area contributed by atoms with Crippen molar-refractivity contribution >= 4 is 34.6 Å². The number of nitrogen functional groups attached to an aromatic ring is 2. The van der Waals surface area contributed by atoms with Crippen molar-refractivity contribution in [2.24, 2.45) is 0 Å². The molecule has 0 radical (unpaired) electrons. The molecule has 0 saturated carbocycles. The predicted molar refractivity (Wildman–Crippen MR) is 79.4 cm³/mol. The maximum absolute atomic E-state index is 12.1. The molecule has 0 aromatic heterocycles. The molecule has 0 heterocycles. The molecule has 5 nitrogen and oxygen atoms in total. The van der Waals surface area contributed by atoms with Crippen molar-refractivity contribution in [3.8, 4) is 6.07 Å². The Morgan fingerprint density at radius 1 is 1.20 bits per heavy atom. The van der Waals surface area contributed by atoms with Crippen molar-refractivity contribution in [1.82, 2.24) is 0 Å². The van der Waals surface area contributed by atoms with Crippen molar-refractivity contribution < 1.29 is 4.79 Å². The van der Waals surface area contributed by atoms with Gasteiger partial charge in [-0.05, 0) is 36.4 Å². The number of hydrogen-bond acceptors (Lipinski definition) is 4. The SMILES string of the molecule is N#Cc1cc(NC(=O)c2ccc(N)cc2N)ccc1Cl. The highest BCUT2D eigenvalue weighted by Gasteiger charge is 2.11. The van der Waals surface area contributed by atoms with E-state index in [0.717, 1.165) is 0 Å². The second kappa shape index (κ2) is 5.51. The molecule has 0 aliphatic heterocycles. The van der Waals surface area contributed by atoms with Crippen LogP contribution < -0.4 is 16.8 Å². The number of carbonyl (C=O) groups is 1. The summed E-state index contributed by atoms with van der Waals surface area (Å²) in [5.41, 5.74) is 13.2. The number of carbonyl (C=O) groups excluding carboxylic acids is 1. The highest BCUT2D eigenvalue weighted by molar-refractivity contribution is 6.31. The molecule has 6 heteroatoms. The lowest BCUT2D eigenvalue weighted by Gasteiger charge is -2.08. The van der Waals surface area contributed by atoms with Gasteiger partial charge in [-0.1, -0.05) is 11.6 Å². The summed E-state index contributed by atoms with van der Waals surface area (Å²) in [4.78, 5) is 12.1. The maximum atomic E-state index is 12.1. The van der Waals surface area contributed by atoms with Crippen molar-refractivity contribution in [3.05, 3.63) is 52.5 Å². The van der Waals surface area contributed by atoms with Gasteiger partial charge >= 0.3 is 0 Å². The number of nitriles is 1. The topological polar surface area (TPSA) is 105 Å². The van der Waals surface area contributed by atoms with E-state index in [-0.39, 0.29) is 17.2 Å². The molecule has 2 aromatic carbocycles. The third kappa shape index (κ3) is 2.82. The predicted octanol–water partition coefficient (Wildman–Crippen LogP) is 2.63. The van der Waals surface area contributed by atoms with Crippen LogP contribution in [-0.4, -0.2) is 5.91 Å². The highest BCUT2D eigenvalue weighted by atomic mass is 35.5. The third-order valence-electron chi connectivity index (χ3n) is 2.66. The monoisotopic (exact) mass is 286 g/mol. The minimum atomic E-state index is -0.381. The number of halogens is 1. The lowest BCUT2D eigenvalue weighted by molar-refractivity contribution is 0.102. The summed E-state index contributed by atoms with van der Waals surface area (Å²) < 4.78 is 0. The molecule has 2 rings (SSSR count). The van der Waals surface area contributed by atoms with Crippen LogP contribution >= 0.6 is 11.6 Å². The van der Waals surface area contributed by atoms with E-state index in [0.29, 0.717) is 22.0 Å². The number of nitrogens with one attached hydrogen (secondary N) is 1. The molecule has 100 valence electrons. The van der Waals surface area contributed by atoms with Crippen LogP contribution in [-0.2, 0) is 0 Å². The zero-order valence-electron chi connectivity index (χ0n) is 10.4. The molecule has 0 atom stereocenters. The van der Waals surface area contributed by atoms with E-state index in [9.17, 15) is 4.79 Å². The number of hydrogen-bond donors (Lipinski definition) is 3. The Balaban J connectivity index is 2.26. The standard InChI is InChI=1S/C14H11ClN4O/c15-12-4-2-10(5-8(12)7-16)19-14(20)11-3-1-9(17)6-13(11)18/h1-6H,17-18H2,(H,19,20). The molecule has 0 aliphatic carbocycles. The fraction of sp³-hybridized carbons (Fsp3) is 0. The van der Waals surface area contributed by atoms with Crippen LogP contribution in [0.15, 0.2) is 36.4 Å². The largest absolute Gasteiger partial charge is 0.399 e. The van der Waals surface area contributed by atoms with E-state index in [1.54, 1.807) is 24.3 Å². The van der Waals surface area contributed by atoms with Gasteiger partial charge in [-0.25, -0.2) is 0 Å². The van der Waals surface area contributed by atoms with Crippen LogP contribution in [0.5, 0.6) is 0 Å². The summed E-state index contributed by atoms with van der Waals surface area (Å²) >= 11 is 5.82. The Labute approximate surface area is 120 Å². The molecule has 0 saturated heterocycles. The van der Waals surface area contributed by atoms with Gasteiger partial charge in [0.1, 0.15) is 6.07 Å². The smallest absolute Gasteiger partial charge is 0.257 e. The van der Waals surface area contributed by atoms with Gasteiger partial charge in [0.25, 0.3) is 5.91 Å². The Hall–Kier alpha value is -2.71. The van der Waals surface area contributed by atoms with Gasteiger partial charge in [0.2, 0.25) is 0 Å². The number of rotatable bonds is 2. The van der Waals surface area contributed by atoms with Gasteiger partial charge in [0.15, 0.2) is 0 Å². The molecular weight excluding hydrogens is 276 g/mol. The van der Waals surface area contributed by atoms with Crippen molar-refractivity contribution in [2.75, 3.05) is 16.8 Å². The normalized spacial score (nSPS) is 9.80. The quantitative estimate of drug-likeness (QED) is 0.738. The molecule has 20 heavy (non-hydrogen) atoms. The van der Waals surface area contributed by atoms with Gasteiger partial charge < -0.3 is 16.8 Å². The number of amides is 1. The molecule has 0 unspecified atom stereocenters. The van der Waals surface area contributed by atoms with Gasteiger partial charge in [-0.2, -0.15) is 5.26 Å². The second-order valence-corrected chi connectivity index (χ2v) is 4.51. The summed E-state index contributed by atoms with van der Waals surface area (Å²) in [7, 11) is 0. The Morgan fingerprint density at radius 3 is 2.60 bits per heavy atom. The van der Waals surface area contributed by atoms with E-state index in [2.05, 4.69) is 5.32 Å². The van der Waals surface area contributed by atoms with Crippen LogP contribution in [0, 0.1) is 11.3 Å². The number of benzene rings is 2. The first-order valence-corrected chi connectivity index (χ1v) is 6.05. The first-order valence-electron chi connectivity index (χ1n) is 5.67. The minimum absolute atomic E-state index is 0.287. The molecule has 2 aromatic rings. The zero-order chi connectivity index (χ0) is 14.7. The summed E-state index contributed by atoms with van der Waals surface area (Å²) in [5.74, 6) is -0.381. The van der Waals surface area contributed by atoms with Gasteiger partial charge in [-0.3, -0.25) is 4.79 Å². The summed E-state index contributed by atoms with van der Waals surface area (Å²) in [6.07, 6.45) is 0. The number of nitrogens with zero attached hydrogens (tertiary/aromatic N) is 1. The van der Waals surface area contributed by atoms with Crippen molar-refractivity contribution in [2.45, 2.75) is 0 Å². The van der Waals surface area contributed by atoms with E-state index < -0.39 is 0 Å². The van der Waals surface area contributed by atoms with Crippen molar-refractivity contribution in [1.29, 1.82) is 5.26 Å². The molecule has 5 N–H and O–H groups in total. The first kappa shape index (κ1) is 13.7. The average molecular weight is 287 g/mol. The van der Waals surface area contributed by atoms with Crippen LogP contribution in [0.3, 0.4) is 0 Å². The Kier molecular flexibility index (Phi) is 3.78.